The van der Waals surface area contributed by atoms with Crippen molar-refractivity contribution in [3.63, 3.8) is 0 Å². The Morgan fingerprint density at radius 1 is 1.14 bits per heavy atom. The molecule has 2 aliphatic heterocycles. The average Bonchev–Trinajstić information content (AvgIpc) is 3.46. The number of aromatic nitrogens is 2. The molecule has 1 unspecified atom stereocenters. The van der Waals surface area contributed by atoms with Gasteiger partial charge in [0.1, 0.15) is 11.9 Å². The highest BCUT2D eigenvalue weighted by atomic mass is 35.5. The molecule has 35 heavy (non-hydrogen) atoms. The lowest BCUT2D eigenvalue weighted by atomic mass is 10.2. The number of rotatable bonds is 6. The quantitative estimate of drug-likeness (QED) is 0.455. The van der Waals surface area contributed by atoms with Crippen LogP contribution in [0.2, 0.25) is 5.02 Å². The van der Waals surface area contributed by atoms with Crippen LogP contribution in [0.25, 0.3) is 0 Å². The van der Waals surface area contributed by atoms with E-state index in [0.717, 1.165) is 30.1 Å². The number of anilines is 1. The van der Waals surface area contributed by atoms with Gasteiger partial charge in [-0.2, -0.15) is 0 Å². The number of thiazole rings is 1. The summed E-state index contributed by atoms with van der Waals surface area (Å²) in [4.78, 5) is 60.7. The molecular formula is C21H25ClN8O4S. The summed E-state index contributed by atoms with van der Waals surface area (Å²) in [7, 11) is 3.07. The first-order valence-corrected chi connectivity index (χ1v) is 12.1. The largest absolute Gasteiger partial charge is 0.347 e. The third-order valence-electron chi connectivity index (χ3n) is 5.55. The van der Waals surface area contributed by atoms with Crippen LogP contribution in [0.1, 0.15) is 26.8 Å². The number of hydrazine groups is 1. The summed E-state index contributed by atoms with van der Waals surface area (Å²) in [5.74, 6) is -2.75. The number of carbonyl (C=O) groups is 4. The number of hydrogen-bond acceptors (Lipinski definition) is 9. The molecule has 4 amide bonds. The van der Waals surface area contributed by atoms with Crippen molar-refractivity contribution in [3.05, 3.63) is 38.9 Å². The number of hydrogen-bond donors (Lipinski definition) is 3. The van der Waals surface area contributed by atoms with Crippen LogP contribution in [-0.2, 0) is 27.5 Å². The SMILES string of the molecule is CN(C)C(=O)C(CNC(=O)C(=O)Nc1ccc(Cl)cn1)NC(=O)c1nc2c(s1)CN1CCCN1C2. The highest BCUT2D eigenvalue weighted by Crippen LogP contribution is 2.30. The molecule has 0 radical (unpaired) electrons. The lowest BCUT2D eigenvalue weighted by molar-refractivity contribution is -0.136. The van der Waals surface area contributed by atoms with Gasteiger partial charge in [-0.1, -0.05) is 11.6 Å². The summed E-state index contributed by atoms with van der Waals surface area (Å²) in [6.07, 6.45) is 2.44. The molecule has 0 aliphatic carbocycles. The summed E-state index contributed by atoms with van der Waals surface area (Å²) in [5, 5.41) is 12.5. The van der Waals surface area contributed by atoms with E-state index in [1.165, 1.54) is 48.7 Å². The standard InChI is InChI=1S/C21H25ClN8O4S/c1-28(2)21(34)13(9-24-17(31)18(32)27-16-5-4-12(22)8-23-16)25-19(33)20-26-14-10-29-6-3-7-30(29)11-15(14)35-20/h4-5,8,13H,3,6-7,9-11H2,1-2H3,(H,24,31)(H,25,33)(H,23,27,32). The fourth-order valence-corrected chi connectivity index (χ4v) is 4.87. The van der Waals surface area contributed by atoms with Crippen LogP contribution in [0.3, 0.4) is 0 Å². The first-order chi connectivity index (χ1) is 16.7. The lowest BCUT2D eigenvalue weighted by Crippen LogP contribution is -2.53. The molecule has 14 heteroatoms. The fraction of sp³-hybridized carbons (Fsp3) is 0.429. The molecule has 4 heterocycles. The van der Waals surface area contributed by atoms with E-state index in [0.29, 0.717) is 18.1 Å². The molecule has 0 spiro atoms. The van der Waals surface area contributed by atoms with Gasteiger partial charge in [0.15, 0.2) is 5.01 Å². The van der Waals surface area contributed by atoms with E-state index < -0.39 is 29.7 Å². The molecule has 2 aliphatic rings. The van der Waals surface area contributed by atoms with E-state index in [4.69, 9.17) is 11.6 Å². The Morgan fingerprint density at radius 2 is 1.89 bits per heavy atom. The molecule has 0 aromatic carbocycles. The fourth-order valence-electron chi connectivity index (χ4n) is 3.77. The maximum Gasteiger partial charge on any atom is 0.314 e. The highest BCUT2D eigenvalue weighted by molar-refractivity contribution is 7.13. The van der Waals surface area contributed by atoms with Crippen molar-refractivity contribution in [2.45, 2.75) is 25.6 Å². The average molecular weight is 521 g/mol. The van der Waals surface area contributed by atoms with Crippen molar-refractivity contribution in [2.75, 3.05) is 39.0 Å². The first kappa shape index (κ1) is 25.0. The molecule has 3 N–H and O–H groups in total. The number of halogens is 1. The maximum atomic E-state index is 12.9. The number of amides is 4. The summed E-state index contributed by atoms with van der Waals surface area (Å²) in [6.45, 7) is 3.05. The summed E-state index contributed by atoms with van der Waals surface area (Å²) in [5.41, 5.74) is 0.870. The highest BCUT2D eigenvalue weighted by Gasteiger charge is 2.32. The van der Waals surface area contributed by atoms with E-state index in [-0.39, 0.29) is 17.4 Å². The van der Waals surface area contributed by atoms with Crippen molar-refractivity contribution >= 4 is 52.4 Å². The molecule has 2 aromatic rings. The number of pyridine rings is 1. The molecule has 4 rings (SSSR count). The molecule has 2 aromatic heterocycles. The predicted molar refractivity (Wildman–Crippen MR) is 128 cm³/mol. The molecule has 186 valence electrons. The monoisotopic (exact) mass is 520 g/mol. The molecule has 0 bridgehead atoms. The molecule has 0 saturated carbocycles. The summed E-state index contributed by atoms with van der Waals surface area (Å²) in [6, 6.07) is 1.87. The van der Waals surface area contributed by atoms with Crippen molar-refractivity contribution in [3.8, 4) is 0 Å². The van der Waals surface area contributed by atoms with E-state index >= 15 is 0 Å². The number of nitrogens with zero attached hydrogens (tertiary/aromatic N) is 5. The second-order valence-electron chi connectivity index (χ2n) is 8.30. The van der Waals surface area contributed by atoms with Crippen LogP contribution in [-0.4, -0.2) is 88.3 Å². The van der Waals surface area contributed by atoms with E-state index in [1.807, 2.05) is 0 Å². The van der Waals surface area contributed by atoms with Crippen LogP contribution in [0.5, 0.6) is 0 Å². The third kappa shape index (κ3) is 5.93. The van der Waals surface area contributed by atoms with Gasteiger partial charge in [-0.25, -0.2) is 20.0 Å². The molecule has 12 nitrogen and oxygen atoms in total. The number of likely N-dealkylation sites (N-methyl/N-ethyl adjacent to an activating group) is 1. The Morgan fingerprint density at radius 3 is 2.57 bits per heavy atom. The van der Waals surface area contributed by atoms with Gasteiger partial charge in [-0.3, -0.25) is 19.2 Å². The molecular weight excluding hydrogens is 496 g/mol. The topological polar surface area (TPSA) is 140 Å². The normalized spacial score (nSPS) is 16.1. The minimum absolute atomic E-state index is 0.147. The molecule has 1 atom stereocenters. The van der Waals surface area contributed by atoms with Gasteiger partial charge >= 0.3 is 11.8 Å². The zero-order valence-corrected chi connectivity index (χ0v) is 20.8. The van der Waals surface area contributed by atoms with Gasteiger partial charge in [0.05, 0.1) is 17.3 Å². The lowest BCUT2D eigenvalue weighted by Gasteiger charge is -2.31. The van der Waals surface area contributed by atoms with Crippen molar-refractivity contribution < 1.29 is 19.2 Å². The summed E-state index contributed by atoms with van der Waals surface area (Å²) >= 11 is 7.06. The Bertz CT molecular complexity index is 1110. The van der Waals surface area contributed by atoms with E-state index in [9.17, 15) is 19.2 Å². The number of carbonyl (C=O) groups excluding carboxylic acids is 4. The smallest absolute Gasteiger partial charge is 0.314 e. The first-order valence-electron chi connectivity index (χ1n) is 10.9. The Hall–Kier alpha value is -3.13. The van der Waals surface area contributed by atoms with Crippen molar-refractivity contribution in [1.82, 2.24) is 35.5 Å². The third-order valence-corrected chi connectivity index (χ3v) is 6.85. The van der Waals surface area contributed by atoms with Crippen LogP contribution in [0.4, 0.5) is 5.82 Å². The summed E-state index contributed by atoms with van der Waals surface area (Å²) < 4.78 is 0. The van der Waals surface area contributed by atoms with E-state index in [2.05, 4.69) is 35.9 Å². The Balaban J connectivity index is 1.37. The Kier molecular flexibility index (Phi) is 7.60. The van der Waals surface area contributed by atoms with Crippen LogP contribution >= 0.6 is 22.9 Å². The second kappa shape index (κ2) is 10.6. The van der Waals surface area contributed by atoms with Gasteiger partial charge < -0.3 is 20.9 Å². The molecule has 1 saturated heterocycles. The van der Waals surface area contributed by atoms with Gasteiger partial charge in [-0.15, -0.1) is 11.3 Å². The van der Waals surface area contributed by atoms with E-state index in [1.54, 1.807) is 0 Å². The molecule has 1 fully saturated rings. The van der Waals surface area contributed by atoms with Gasteiger partial charge in [0, 0.05) is 51.3 Å². The van der Waals surface area contributed by atoms with Crippen LogP contribution in [0.15, 0.2) is 18.3 Å². The zero-order valence-electron chi connectivity index (χ0n) is 19.2. The minimum Gasteiger partial charge on any atom is -0.347 e. The van der Waals surface area contributed by atoms with Crippen LogP contribution < -0.4 is 16.0 Å². The van der Waals surface area contributed by atoms with Gasteiger partial charge in [-0.05, 0) is 18.6 Å². The maximum absolute atomic E-state index is 12.9. The van der Waals surface area contributed by atoms with Gasteiger partial charge in [0.25, 0.3) is 5.91 Å². The number of fused-ring (bicyclic) bond motifs is 2. The van der Waals surface area contributed by atoms with Gasteiger partial charge in [0.2, 0.25) is 5.91 Å². The second-order valence-corrected chi connectivity index (χ2v) is 9.82. The van der Waals surface area contributed by atoms with Crippen molar-refractivity contribution in [2.24, 2.45) is 0 Å². The van der Waals surface area contributed by atoms with Crippen molar-refractivity contribution in [1.29, 1.82) is 0 Å². The minimum atomic E-state index is -1.09. The Labute approximate surface area is 210 Å². The predicted octanol–water partition coefficient (Wildman–Crippen LogP) is 0.0693. The zero-order chi connectivity index (χ0) is 25.1. The number of nitrogens with one attached hydrogen (secondary N) is 3. The van der Waals surface area contributed by atoms with Crippen LogP contribution in [0, 0.1) is 0 Å².